The van der Waals surface area contributed by atoms with Crippen LogP contribution < -0.4 is 11.1 Å². The van der Waals surface area contributed by atoms with E-state index < -0.39 is 29.0 Å². The SMILES string of the molecule is CC(N)(C(=O)Nc1ccc(F)c(C#N)c1)C(F)(F)F. The average molecular weight is 275 g/mol. The van der Waals surface area contributed by atoms with Crippen LogP contribution in [0.1, 0.15) is 12.5 Å². The molecular weight excluding hydrogens is 266 g/mol. The van der Waals surface area contributed by atoms with E-state index in [1.807, 2.05) is 5.32 Å². The van der Waals surface area contributed by atoms with Gasteiger partial charge in [-0.3, -0.25) is 4.79 Å². The summed E-state index contributed by atoms with van der Waals surface area (Å²) < 4.78 is 50.5. The van der Waals surface area contributed by atoms with Gasteiger partial charge in [-0.25, -0.2) is 4.39 Å². The molecule has 0 fully saturated rings. The summed E-state index contributed by atoms with van der Waals surface area (Å²) in [5, 5.41) is 10.4. The van der Waals surface area contributed by atoms with Crippen molar-refractivity contribution in [1.82, 2.24) is 0 Å². The Morgan fingerprint density at radius 3 is 2.47 bits per heavy atom. The number of nitrogens with one attached hydrogen (secondary N) is 1. The van der Waals surface area contributed by atoms with Gasteiger partial charge in [0.15, 0.2) is 5.54 Å². The number of carbonyl (C=O) groups is 1. The van der Waals surface area contributed by atoms with Crippen LogP contribution in [0.5, 0.6) is 0 Å². The van der Waals surface area contributed by atoms with Gasteiger partial charge in [-0.2, -0.15) is 18.4 Å². The highest BCUT2D eigenvalue weighted by Crippen LogP contribution is 2.29. The lowest BCUT2D eigenvalue weighted by molar-refractivity contribution is -0.184. The van der Waals surface area contributed by atoms with Crippen molar-refractivity contribution in [3.63, 3.8) is 0 Å². The molecule has 1 amide bonds. The molecule has 19 heavy (non-hydrogen) atoms. The van der Waals surface area contributed by atoms with E-state index >= 15 is 0 Å². The fourth-order valence-electron chi connectivity index (χ4n) is 1.08. The van der Waals surface area contributed by atoms with Gasteiger partial charge in [-0.1, -0.05) is 0 Å². The molecule has 1 rings (SSSR count). The number of nitriles is 1. The number of nitrogens with two attached hydrogens (primary N) is 1. The Hall–Kier alpha value is -2.14. The van der Waals surface area contributed by atoms with E-state index in [2.05, 4.69) is 0 Å². The Labute approximate surface area is 105 Å². The molecule has 0 aliphatic heterocycles. The van der Waals surface area contributed by atoms with Crippen LogP contribution in [0.2, 0.25) is 0 Å². The summed E-state index contributed by atoms with van der Waals surface area (Å²) in [5.41, 5.74) is 1.27. The summed E-state index contributed by atoms with van der Waals surface area (Å²) in [7, 11) is 0. The molecule has 0 aliphatic carbocycles. The fraction of sp³-hybridized carbons (Fsp3) is 0.273. The van der Waals surface area contributed by atoms with Crippen molar-refractivity contribution >= 4 is 11.6 Å². The Bertz CT molecular complexity index is 546. The van der Waals surface area contributed by atoms with Crippen LogP contribution in [0, 0.1) is 17.1 Å². The number of hydrogen-bond donors (Lipinski definition) is 2. The molecule has 3 N–H and O–H groups in total. The zero-order valence-electron chi connectivity index (χ0n) is 9.68. The van der Waals surface area contributed by atoms with E-state index in [0.717, 1.165) is 18.2 Å². The van der Waals surface area contributed by atoms with Crippen molar-refractivity contribution in [2.24, 2.45) is 5.73 Å². The van der Waals surface area contributed by atoms with Crippen molar-refractivity contribution in [1.29, 1.82) is 5.26 Å². The molecule has 1 unspecified atom stereocenters. The molecule has 1 aromatic rings. The molecule has 8 heteroatoms. The Balaban J connectivity index is 2.99. The molecule has 0 saturated heterocycles. The van der Waals surface area contributed by atoms with E-state index in [0.29, 0.717) is 6.92 Å². The largest absolute Gasteiger partial charge is 0.415 e. The highest BCUT2D eigenvalue weighted by Gasteiger charge is 2.53. The molecule has 0 saturated carbocycles. The van der Waals surface area contributed by atoms with E-state index in [-0.39, 0.29) is 5.69 Å². The van der Waals surface area contributed by atoms with Gasteiger partial charge in [0, 0.05) is 5.69 Å². The summed E-state index contributed by atoms with van der Waals surface area (Å²) >= 11 is 0. The van der Waals surface area contributed by atoms with Crippen molar-refractivity contribution in [3.05, 3.63) is 29.6 Å². The summed E-state index contributed by atoms with van der Waals surface area (Å²) in [6.07, 6.45) is -4.94. The molecule has 0 spiro atoms. The molecule has 1 atom stereocenters. The lowest BCUT2D eigenvalue weighted by Crippen LogP contribution is -2.59. The molecule has 0 aliphatic rings. The van der Waals surface area contributed by atoms with Crippen LogP contribution in [-0.4, -0.2) is 17.6 Å². The number of nitrogens with zero attached hydrogens (tertiary/aromatic N) is 1. The van der Waals surface area contributed by atoms with Gasteiger partial charge in [0.25, 0.3) is 5.91 Å². The molecule has 0 heterocycles. The molecule has 1 aromatic carbocycles. The first kappa shape index (κ1) is 14.9. The van der Waals surface area contributed by atoms with Crippen LogP contribution in [-0.2, 0) is 4.79 Å². The summed E-state index contributed by atoms with van der Waals surface area (Å²) in [4.78, 5) is 11.4. The van der Waals surface area contributed by atoms with Crippen LogP contribution in [0.15, 0.2) is 18.2 Å². The molecule has 102 valence electrons. The van der Waals surface area contributed by atoms with Crippen molar-refractivity contribution in [2.45, 2.75) is 18.6 Å². The second-order valence-corrected chi connectivity index (χ2v) is 3.96. The van der Waals surface area contributed by atoms with Gasteiger partial charge in [-0.05, 0) is 25.1 Å². The second-order valence-electron chi connectivity index (χ2n) is 3.96. The molecule has 0 bridgehead atoms. The number of anilines is 1. The molecule has 0 radical (unpaired) electrons. The first-order valence-corrected chi connectivity index (χ1v) is 4.96. The maximum Gasteiger partial charge on any atom is 0.415 e. The summed E-state index contributed by atoms with van der Waals surface area (Å²) in [6, 6.07) is 4.30. The van der Waals surface area contributed by atoms with Gasteiger partial charge in [0.2, 0.25) is 0 Å². The number of carbonyl (C=O) groups excluding carboxylic acids is 1. The van der Waals surface area contributed by atoms with Crippen LogP contribution in [0.4, 0.5) is 23.2 Å². The van der Waals surface area contributed by atoms with Gasteiger partial charge >= 0.3 is 6.18 Å². The minimum atomic E-state index is -4.94. The Kier molecular flexibility index (Phi) is 3.81. The van der Waals surface area contributed by atoms with Gasteiger partial charge in [0.05, 0.1) is 5.56 Å². The van der Waals surface area contributed by atoms with Gasteiger partial charge in [-0.15, -0.1) is 0 Å². The third-order valence-electron chi connectivity index (χ3n) is 2.41. The number of benzene rings is 1. The summed E-state index contributed by atoms with van der Waals surface area (Å²) in [6.45, 7) is 0.511. The van der Waals surface area contributed by atoms with Crippen molar-refractivity contribution in [3.8, 4) is 6.07 Å². The molecular formula is C11H9F4N3O. The zero-order valence-corrected chi connectivity index (χ0v) is 9.68. The quantitative estimate of drug-likeness (QED) is 0.809. The average Bonchev–Trinajstić information content (AvgIpc) is 2.30. The predicted molar refractivity (Wildman–Crippen MR) is 58.4 cm³/mol. The Morgan fingerprint density at radius 1 is 1.42 bits per heavy atom. The third-order valence-corrected chi connectivity index (χ3v) is 2.41. The number of rotatable bonds is 2. The maximum absolute atomic E-state index is 13.0. The maximum atomic E-state index is 13.0. The zero-order chi connectivity index (χ0) is 14.8. The second kappa shape index (κ2) is 4.85. The standard InChI is InChI=1S/C11H9F4N3O/c1-10(17,11(13,14)15)9(19)18-7-2-3-8(12)6(4-7)5-16/h2-4H,17H2,1H3,(H,18,19). The number of halogens is 4. The summed E-state index contributed by atoms with van der Waals surface area (Å²) in [5.74, 6) is -2.35. The van der Waals surface area contributed by atoms with Crippen molar-refractivity contribution < 1.29 is 22.4 Å². The predicted octanol–water partition coefficient (Wildman–Crippen LogP) is 1.92. The topological polar surface area (TPSA) is 78.9 Å². The normalized spacial score (nSPS) is 14.4. The number of amides is 1. The fourth-order valence-corrected chi connectivity index (χ4v) is 1.08. The number of hydrogen-bond acceptors (Lipinski definition) is 3. The lowest BCUT2D eigenvalue weighted by Gasteiger charge is -2.26. The number of alkyl halides is 3. The van der Waals surface area contributed by atoms with Crippen LogP contribution >= 0.6 is 0 Å². The molecule has 0 aromatic heterocycles. The van der Waals surface area contributed by atoms with E-state index in [1.165, 1.54) is 6.07 Å². The smallest absolute Gasteiger partial charge is 0.324 e. The minimum Gasteiger partial charge on any atom is -0.324 e. The van der Waals surface area contributed by atoms with Gasteiger partial charge in [0.1, 0.15) is 11.9 Å². The molecule has 4 nitrogen and oxygen atoms in total. The van der Waals surface area contributed by atoms with E-state index in [1.54, 1.807) is 0 Å². The van der Waals surface area contributed by atoms with E-state index in [9.17, 15) is 22.4 Å². The highest BCUT2D eigenvalue weighted by atomic mass is 19.4. The Morgan fingerprint density at radius 2 is 2.00 bits per heavy atom. The minimum absolute atomic E-state index is 0.149. The van der Waals surface area contributed by atoms with Crippen molar-refractivity contribution in [2.75, 3.05) is 5.32 Å². The monoisotopic (exact) mass is 275 g/mol. The van der Waals surface area contributed by atoms with Gasteiger partial charge < -0.3 is 11.1 Å². The van der Waals surface area contributed by atoms with E-state index in [4.69, 9.17) is 11.0 Å². The van der Waals surface area contributed by atoms with Crippen LogP contribution in [0.25, 0.3) is 0 Å². The first-order chi connectivity index (χ1) is 8.59. The highest BCUT2D eigenvalue weighted by molar-refractivity contribution is 5.98. The lowest BCUT2D eigenvalue weighted by atomic mass is 10.0. The van der Waals surface area contributed by atoms with Crippen LogP contribution in [0.3, 0.4) is 0 Å². The first-order valence-electron chi connectivity index (χ1n) is 4.96. The third kappa shape index (κ3) is 3.00.